The van der Waals surface area contributed by atoms with Gasteiger partial charge in [-0.25, -0.2) is 4.98 Å². The van der Waals surface area contributed by atoms with Gasteiger partial charge in [0.1, 0.15) is 6.04 Å². The Morgan fingerprint density at radius 2 is 2.14 bits per heavy atom. The Morgan fingerprint density at radius 1 is 1.23 bits per heavy atom. The maximum absolute atomic E-state index is 10.2. The maximum atomic E-state index is 10.2. The number of aliphatic hydroxyl groups excluding tert-OH is 1. The molecule has 1 aromatic carbocycles. The minimum atomic E-state index is -0.395. The number of hydrogen-bond donors (Lipinski definition) is 1. The second kappa shape index (κ2) is 4.30. The van der Waals surface area contributed by atoms with Gasteiger partial charge in [-0.2, -0.15) is 5.10 Å². The van der Waals surface area contributed by atoms with E-state index in [9.17, 15) is 5.11 Å². The molecule has 5 heteroatoms. The van der Waals surface area contributed by atoms with Crippen LogP contribution in [-0.4, -0.2) is 24.4 Å². The molecule has 22 heavy (non-hydrogen) atoms. The molecule has 3 aromatic rings. The number of benzene rings is 1. The Bertz CT molecular complexity index is 863. The summed E-state index contributed by atoms with van der Waals surface area (Å²) >= 11 is 0. The van der Waals surface area contributed by atoms with Crippen LogP contribution in [0.25, 0.3) is 11.3 Å². The normalized spacial score (nSPS) is 22.2. The molecule has 2 unspecified atom stereocenters. The Hall–Kier alpha value is -2.40. The third-order valence-electron chi connectivity index (χ3n) is 4.77. The first-order chi connectivity index (χ1) is 10.8. The van der Waals surface area contributed by atoms with Crippen molar-refractivity contribution in [2.75, 3.05) is 0 Å². The third kappa shape index (κ3) is 1.51. The number of rotatable bonds is 1. The molecule has 0 saturated carbocycles. The van der Waals surface area contributed by atoms with E-state index in [4.69, 9.17) is 5.10 Å². The van der Waals surface area contributed by atoms with Gasteiger partial charge in [0.2, 0.25) is 0 Å². The third-order valence-corrected chi connectivity index (χ3v) is 4.77. The van der Waals surface area contributed by atoms with Gasteiger partial charge in [0, 0.05) is 12.1 Å². The van der Waals surface area contributed by atoms with Crippen LogP contribution in [0.1, 0.15) is 41.9 Å². The van der Waals surface area contributed by atoms with Crippen molar-refractivity contribution >= 4 is 0 Å². The number of hydrogen-bond acceptors (Lipinski definition) is 3. The van der Waals surface area contributed by atoms with Gasteiger partial charge in [-0.1, -0.05) is 24.3 Å². The quantitative estimate of drug-likeness (QED) is 0.586. The van der Waals surface area contributed by atoms with E-state index in [2.05, 4.69) is 39.9 Å². The van der Waals surface area contributed by atoms with Crippen LogP contribution in [0.3, 0.4) is 0 Å². The molecule has 1 N–H and O–H groups in total. The van der Waals surface area contributed by atoms with Crippen LogP contribution in [0.4, 0.5) is 0 Å². The van der Waals surface area contributed by atoms with Crippen molar-refractivity contribution in [2.45, 2.75) is 31.5 Å². The first-order valence-corrected chi connectivity index (χ1v) is 7.70. The summed E-state index contributed by atoms with van der Waals surface area (Å²) in [5.41, 5.74) is 5.53. The van der Waals surface area contributed by atoms with Gasteiger partial charge >= 0.3 is 0 Å². The van der Waals surface area contributed by atoms with E-state index < -0.39 is 6.10 Å². The minimum Gasteiger partial charge on any atom is -0.387 e. The van der Waals surface area contributed by atoms with Crippen molar-refractivity contribution < 1.29 is 5.11 Å². The van der Waals surface area contributed by atoms with Gasteiger partial charge in [0.15, 0.2) is 0 Å². The van der Waals surface area contributed by atoms with Gasteiger partial charge < -0.3 is 9.67 Å². The molecule has 5 rings (SSSR count). The molecular formula is C17H16N4O. The van der Waals surface area contributed by atoms with Gasteiger partial charge in [0.25, 0.3) is 0 Å². The first-order valence-electron chi connectivity index (χ1n) is 7.70. The second-order valence-corrected chi connectivity index (χ2v) is 6.05. The predicted octanol–water partition coefficient (Wildman–Crippen LogP) is 2.52. The van der Waals surface area contributed by atoms with Crippen molar-refractivity contribution in [3.63, 3.8) is 0 Å². The molecule has 5 nitrogen and oxygen atoms in total. The van der Waals surface area contributed by atoms with Gasteiger partial charge in [0.05, 0.1) is 35.7 Å². The highest BCUT2D eigenvalue weighted by Crippen LogP contribution is 2.42. The Balaban J connectivity index is 1.70. The summed E-state index contributed by atoms with van der Waals surface area (Å²) in [6.45, 7) is 0.886. The minimum absolute atomic E-state index is 0.0546. The van der Waals surface area contributed by atoms with Crippen molar-refractivity contribution in [3.05, 3.63) is 59.8 Å². The largest absolute Gasteiger partial charge is 0.387 e. The summed E-state index contributed by atoms with van der Waals surface area (Å²) in [6.07, 6.45) is 5.18. The summed E-state index contributed by atoms with van der Waals surface area (Å²) < 4.78 is 4.13. The van der Waals surface area contributed by atoms with Crippen molar-refractivity contribution in [1.29, 1.82) is 0 Å². The molecule has 0 fully saturated rings. The molecule has 0 radical (unpaired) electrons. The van der Waals surface area contributed by atoms with Crippen molar-refractivity contribution in [3.8, 4) is 11.3 Å². The van der Waals surface area contributed by atoms with E-state index in [0.29, 0.717) is 0 Å². The van der Waals surface area contributed by atoms with Gasteiger partial charge in [-0.05, 0) is 24.5 Å². The zero-order valence-electron chi connectivity index (χ0n) is 12.1. The van der Waals surface area contributed by atoms with E-state index in [1.807, 2.05) is 17.2 Å². The van der Waals surface area contributed by atoms with Crippen molar-refractivity contribution in [2.24, 2.45) is 0 Å². The Labute approximate surface area is 127 Å². The number of fused-ring (bicyclic) bond motifs is 4. The Morgan fingerprint density at radius 3 is 3.05 bits per heavy atom. The highest BCUT2D eigenvalue weighted by Gasteiger charge is 2.32. The van der Waals surface area contributed by atoms with Crippen LogP contribution in [0.5, 0.6) is 0 Å². The SMILES string of the molecule is OC1CCCn2nc(C3c4ccccc4-c4cncn43)cc21. The van der Waals surface area contributed by atoms with E-state index in [1.54, 1.807) is 0 Å². The molecule has 0 saturated heterocycles. The smallest absolute Gasteiger partial charge is 0.105 e. The lowest BCUT2D eigenvalue weighted by Gasteiger charge is -2.18. The fourth-order valence-corrected chi connectivity index (χ4v) is 3.75. The fraction of sp³-hybridized carbons (Fsp3) is 0.294. The average Bonchev–Trinajstić information content (AvgIpc) is 3.20. The summed E-state index contributed by atoms with van der Waals surface area (Å²) in [5, 5.41) is 15.0. The zero-order valence-corrected chi connectivity index (χ0v) is 12.1. The maximum Gasteiger partial charge on any atom is 0.105 e. The summed E-state index contributed by atoms with van der Waals surface area (Å²) in [5.74, 6) is 0. The molecule has 2 atom stereocenters. The Kier molecular flexibility index (Phi) is 2.38. The molecule has 0 aliphatic carbocycles. The van der Waals surface area contributed by atoms with Gasteiger partial charge in [-0.3, -0.25) is 4.68 Å². The molecule has 2 aliphatic heterocycles. The molecule has 2 aliphatic rings. The van der Waals surface area contributed by atoms with E-state index >= 15 is 0 Å². The van der Waals surface area contributed by atoms with Crippen LogP contribution >= 0.6 is 0 Å². The molecule has 2 aromatic heterocycles. The first kappa shape index (κ1) is 12.2. The number of imidazole rings is 1. The number of nitrogens with zero attached hydrogens (tertiary/aromatic N) is 4. The van der Waals surface area contributed by atoms with E-state index in [1.165, 1.54) is 11.1 Å². The van der Waals surface area contributed by atoms with Gasteiger partial charge in [-0.15, -0.1) is 0 Å². The zero-order chi connectivity index (χ0) is 14.7. The van der Waals surface area contributed by atoms with E-state index in [0.717, 1.165) is 36.5 Å². The average molecular weight is 292 g/mol. The molecule has 0 bridgehead atoms. The molecule has 4 heterocycles. The van der Waals surface area contributed by atoms with Crippen molar-refractivity contribution in [1.82, 2.24) is 19.3 Å². The highest BCUT2D eigenvalue weighted by atomic mass is 16.3. The molecule has 0 amide bonds. The topological polar surface area (TPSA) is 55.9 Å². The van der Waals surface area contributed by atoms with E-state index in [-0.39, 0.29) is 6.04 Å². The molecule has 0 spiro atoms. The predicted molar refractivity (Wildman–Crippen MR) is 81.3 cm³/mol. The van der Waals surface area contributed by atoms with Crippen LogP contribution in [0.2, 0.25) is 0 Å². The summed E-state index contributed by atoms with van der Waals surface area (Å²) in [7, 11) is 0. The molecular weight excluding hydrogens is 276 g/mol. The van der Waals surface area contributed by atoms with Crippen LogP contribution in [-0.2, 0) is 6.54 Å². The lowest BCUT2D eigenvalue weighted by Crippen LogP contribution is -2.15. The number of aryl methyl sites for hydroxylation is 1. The lowest BCUT2D eigenvalue weighted by molar-refractivity contribution is 0.135. The second-order valence-electron chi connectivity index (χ2n) is 6.05. The summed E-state index contributed by atoms with van der Waals surface area (Å²) in [6, 6.07) is 10.5. The highest BCUT2D eigenvalue weighted by molar-refractivity contribution is 5.70. The fourth-order valence-electron chi connectivity index (χ4n) is 3.75. The standard InChI is InChI=1S/C17H16N4O/c22-16-6-3-7-21-14(16)8-13(19-21)17-12-5-2-1-4-11(12)15-9-18-10-20(15)17/h1-2,4-5,8-10,16-17,22H,3,6-7H2. The van der Waals surface area contributed by atoms with Crippen LogP contribution < -0.4 is 0 Å². The number of aliphatic hydroxyl groups is 1. The van der Waals surface area contributed by atoms with Crippen LogP contribution in [0.15, 0.2) is 42.9 Å². The lowest BCUT2D eigenvalue weighted by atomic mass is 10.00. The molecule has 110 valence electrons. The summed E-state index contributed by atoms with van der Waals surface area (Å²) in [4.78, 5) is 4.29. The van der Waals surface area contributed by atoms with Crippen LogP contribution in [0, 0.1) is 0 Å². The monoisotopic (exact) mass is 292 g/mol. The number of aromatic nitrogens is 4.